The first-order chi connectivity index (χ1) is 7.84. The number of nitrogens with two attached hydrogens (primary N) is 1. The van der Waals surface area contributed by atoms with E-state index in [1.165, 1.54) is 71.0 Å². The van der Waals surface area contributed by atoms with E-state index in [1.807, 2.05) is 0 Å². The number of nitrogens with zero attached hydrogens (tertiary/aromatic N) is 1. The summed E-state index contributed by atoms with van der Waals surface area (Å²) < 4.78 is 0. The lowest BCUT2D eigenvalue weighted by molar-refractivity contribution is 0.227. The molecule has 2 N–H and O–H groups in total. The van der Waals surface area contributed by atoms with Gasteiger partial charge in [-0.25, -0.2) is 0 Å². The van der Waals surface area contributed by atoms with Gasteiger partial charge in [0.25, 0.3) is 0 Å². The molecule has 0 atom stereocenters. The normalized spacial score (nSPS) is 23.1. The summed E-state index contributed by atoms with van der Waals surface area (Å²) in [7, 11) is 0. The summed E-state index contributed by atoms with van der Waals surface area (Å²) in [6.07, 6.45) is 13.2. The molecule has 0 aromatic carbocycles. The molecule has 0 aromatic heterocycles. The van der Waals surface area contributed by atoms with E-state index < -0.39 is 0 Å². The number of rotatable bonds is 2. The second kappa shape index (κ2) is 10.1. The lowest BCUT2D eigenvalue weighted by Gasteiger charge is -2.31. The maximum atomic E-state index is 5.93. The zero-order valence-corrected chi connectivity index (χ0v) is 12.9. The molecule has 1 aliphatic carbocycles. The highest BCUT2D eigenvalue weighted by molar-refractivity contribution is 5.85. The predicted octanol–water partition coefficient (Wildman–Crippen LogP) is 3.53. The van der Waals surface area contributed by atoms with Crippen LogP contribution in [0.25, 0.3) is 0 Å². The number of piperidine rings is 1. The minimum atomic E-state index is 0. The van der Waals surface area contributed by atoms with Gasteiger partial charge < -0.3 is 5.73 Å². The zero-order chi connectivity index (χ0) is 11.2. The molecule has 0 spiro atoms. The quantitative estimate of drug-likeness (QED) is 0.790. The topological polar surface area (TPSA) is 29.3 Å². The number of likely N-dealkylation sites (tertiary alicyclic amines) is 1. The molecular formula is C14H28Cl2N2. The molecule has 1 saturated heterocycles. The minimum absolute atomic E-state index is 0. The Morgan fingerprint density at radius 2 is 1.72 bits per heavy atom. The van der Waals surface area contributed by atoms with Crippen LogP contribution in [-0.4, -0.2) is 30.6 Å². The second-order valence-corrected chi connectivity index (χ2v) is 5.43. The highest BCUT2D eigenvalue weighted by atomic mass is 35.5. The summed E-state index contributed by atoms with van der Waals surface area (Å²) in [6.45, 7) is 3.63. The van der Waals surface area contributed by atoms with Gasteiger partial charge in [0.1, 0.15) is 0 Å². The Hall–Kier alpha value is 0.240. The van der Waals surface area contributed by atoms with Crippen molar-refractivity contribution in [3.05, 3.63) is 11.6 Å². The Morgan fingerprint density at radius 1 is 1.06 bits per heavy atom. The minimum Gasteiger partial charge on any atom is -0.328 e. The summed E-state index contributed by atoms with van der Waals surface area (Å²) in [5.41, 5.74) is 7.62. The molecule has 0 amide bonds. The van der Waals surface area contributed by atoms with E-state index in [0.29, 0.717) is 6.04 Å². The fraction of sp³-hybridized carbons (Fsp3) is 0.857. The molecule has 4 heteroatoms. The Kier molecular flexibility index (Phi) is 10.2. The van der Waals surface area contributed by atoms with E-state index >= 15 is 0 Å². The summed E-state index contributed by atoms with van der Waals surface area (Å²) in [6, 6.07) is 0.461. The number of allylic oxidation sites excluding steroid dienone is 1. The average Bonchev–Trinajstić information content (AvgIpc) is 2.25. The standard InChI is InChI=1S/C14H26N2.2ClH/c15-14-8-10-16(11-9-14)12-13-6-4-2-1-3-5-7-13;;/h6,14H,1-5,7-12,15H2;2*1H. The molecule has 2 aliphatic rings. The van der Waals surface area contributed by atoms with Crippen molar-refractivity contribution in [1.29, 1.82) is 0 Å². The Labute approximate surface area is 124 Å². The van der Waals surface area contributed by atoms with Gasteiger partial charge in [-0.1, -0.05) is 24.5 Å². The van der Waals surface area contributed by atoms with Gasteiger partial charge >= 0.3 is 0 Å². The van der Waals surface area contributed by atoms with Crippen LogP contribution >= 0.6 is 24.8 Å². The first kappa shape index (κ1) is 18.2. The van der Waals surface area contributed by atoms with Crippen LogP contribution in [-0.2, 0) is 0 Å². The number of hydrogen-bond donors (Lipinski definition) is 1. The lowest BCUT2D eigenvalue weighted by atomic mass is 9.98. The van der Waals surface area contributed by atoms with Crippen molar-refractivity contribution in [3.8, 4) is 0 Å². The highest BCUT2D eigenvalue weighted by Crippen LogP contribution is 2.19. The molecule has 2 nitrogen and oxygen atoms in total. The molecule has 2 rings (SSSR count). The van der Waals surface area contributed by atoms with E-state index in [4.69, 9.17) is 5.73 Å². The third kappa shape index (κ3) is 6.42. The van der Waals surface area contributed by atoms with Gasteiger partial charge in [-0.05, 0) is 51.6 Å². The molecule has 0 bridgehead atoms. The van der Waals surface area contributed by atoms with Crippen molar-refractivity contribution in [3.63, 3.8) is 0 Å². The fourth-order valence-corrected chi connectivity index (χ4v) is 2.80. The molecule has 0 unspecified atom stereocenters. The third-order valence-corrected chi connectivity index (χ3v) is 3.94. The Morgan fingerprint density at radius 3 is 2.44 bits per heavy atom. The Balaban J connectivity index is 0.00000144. The van der Waals surface area contributed by atoms with Gasteiger partial charge in [0.15, 0.2) is 0 Å². The lowest BCUT2D eigenvalue weighted by Crippen LogP contribution is -2.40. The van der Waals surface area contributed by atoms with Crippen LogP contribution in [0.15, 0.2) is 11.6 Å². The van der Waals surface area contributed by atoms with Crippen LogP contribution in [0.5, 0.6) is 0 Å². The molecule has 1 heterocycles. The average molecular weight is 295 g/mol. The van der Waals surface area contributed by atoms with E-state index in [1.54, 1.807) is 5.57 Å². The van der Waals surface area contributed by atoms with Gasteiger partial charge in [-0.15, -0.1) is 24.8 Å². The SMILES string of the molecule is Cl.Cl.NC1CCN(CC2=CCCCCCC2)CC1. The van der Waals surface area contributed by atoms with Gasteiger partial charge in [-0.3, -0.25) is 4.90 Å². The van der Waals surface area contributed by atoms with Crippen molar-refractivity contribution in [2.45, 2.75) is 57.4 Å². The fourth-order valence-electron chi connectivity index (χ4n) is 2.80. The smallest absolute Gasteiger partial charge is 0.0192 e. The van der Waals surface area contributed by atoms with Crippen LogP contribution in [0.1, 0.15) is 51.4 Å². The molecule has 1 aliphatic heterocycles. The van der Waals surface area contributed by atoms with Crippen LogP contribution in [0.4, 0.5) is 0 Å². The summed E-state index contributed by atoms with van der Waals surface area (Å²) in [5.74, 6) is 0. The van der Waals surface area contributed by atoms with Crippen molar-refractivity contribution in [2.75, 3.05) is 19.6 Å². The van der Waals surface area contributed by atoms with Gasteiger partial charge in [0, 0.05) is 12.6 Å². The van der Waals surface area contributed by atoms with Crippen molar-refractivity contribution < 1.29 is 0 Å². The van der Waals surface area contributed by atoms with E-state index in [9.17, 15) is 0 Å². The number of halogens is 2. The molecule has 1 fully saturated rings. The van der Waals surface area contributed by atoms with Crippen molar-refractivity contribution >= 4 is 24.8 Å². The van der Waals surface area contributed by atoms with Gasteiger partial charge in [0.05, 0.1) is 0 Å². The second-order valence-electron chi connectivity index (χ2n) is 5.43. The van der Waals surface area contributed by atoms with E-state index in [2.05, 4.69) is 11.0 Å². The van der Waals surface area contributed by atoms with Crippen LogP contribution < -0.4 is 5.73 Å². The first-order valence-electron chi connectivity index (χ1n) is 7.00. The van der Waals surface area contributed by atoms with Crippen LogP contribution in [0.2, 0.25) is 0 Å². The molecule has 0 radical (unpaired) electrons. The maximum absolute atomic E-state index is 5.93. The third-order valence-electron chi connectivity index (χ3n) is 3.94. The molecule has 0 saturated carbocycles. The predicted molar refractivity (Wildman–Crippen MR) is 83.9 cm³/mol. The van der Waals surface area contributed by atoms with Crippen molar-refractivity contribution in [2.24, 2.45) is 5.73 Å². The summed E-state index contributed by atoms with van der Waals surface area (Å²) in [4.78, 5) is 2.59. The highest BCUT2D eigenvalue weighted by Gasteiger charge is 2.16. The largest absolute Gasteiger partial charge is 0.328 e. The molecule has 0 aromatic rings. The van der Waals surface area contributed by atoms with E-state index in [-0.39, 0.29) is 24.8 Å². The van der Waals surface area contributed by atoms with Crippen LogP contribution in [0, 0.1) is 0 Å². The zero-order valence-electron chi connectivity index (χ0n) is 11.3. The molecule has 108 valence electrons. The monoisotopic (exact) mass is 294 g/mol. The Bertz CT molecular complexity index is 236. The summed E-state index contributed by atoms with van der Waals surface area (Å²) >= 11 is 0. The molecular weight excluding hydrogens is 267 g/mol. The first-order valence-corrected chi connectivity index (χ1v) is 7.00. The number of hydrogen-bond acceptors (Lipinski definition) is 2. The maximum Gasteiger partial charge on any atom is 0.0192 e. The van der Waals surface area contributed by atoms with Gasteiger partial charge in [0.2, 0.25) is 0 Å². The van der Waals surface area contributed by atoms with Crippen LogP contribution in [0.3, 0.4) is 0 Å². The van der Waals surface area contributed by atoms with Crippen molar-refractivity contribution in [1.82, 2.24) is 4.90 Å². The van der Waals surface area contributed by atoms with E-state index in [0.717, 1.165) is 0 Å². The molecule has 18 heavy (non-hydrogen) atoms. The summed E-state index contributed by atoms with van der Waals surface area (Å²) in [5, 5.41) is 0. The van der Waals surface area contributed by atoms with Gasteiger partial charge in [-0.2, -0.15) is 0 Å².